The van der Waals surface area contributed by atoms with Crippen LogP contribution in [0.25, 0.3) is 30.6 Å². The molecule has 0 fully saturated rings. The van der Waals surface area contributed by atoms with E-state index in [2.05, 4.69) is 90.1 Å². The lowest BCUT2D eigenvalue weighted by atomic mass is 9.86. The Kier molecular flexibility index (Phi) is 11.8. The molecule has 46 heavy (non-hydrogen) atoms. The minimum absolute atomic E-state index is 0.00216. The van der Waals surface area contributed by atoms with Crippen molar-refractivity contribution in [1.29, 1.82) is 0 Å². The molecule has 0 saturated carbocycles. The number of hydrogen-bond donors (Lipinski definition) is 0. The molecule has 2 aromatic carbocycles. The van der Waals surface area contributed by atoms with Crippen LogP contribution in [0.4, 0.5) is 0 Å². The maximum absolute atomic E-state index is 14.3. The van der Waals surface area contributed by atoms with E-state index in [4.69, 9.17) is 18.1 Å². The molecule has 250 valence electrons. The van der Waals surface area contributed by atoms with Crippen LogP contribution in [-0.2, 0) is 38.1 Å². The van der Waals surface area contributed by atoms with Crippen molar-refractivity contribution in [2.45, 2.75) is 80.1 Å². The molecule has 6 nitrogen and oxygen atoms in total. The predicted octanol–water partition coefficient (Wildman–Crippen LogP) is 11.2. The van der Waals surface area contributed by atoms with Gasteiger partial charge in [0.15, 0.2) is 0 Å². The Balaban J connectivity index is 1.96. The fourth-order valence-corrected chi connectivity index (χ4v) is 11.8. The Morgan fingerprint density at radius 3 is 1.04 bits per heavy atom. The lowest BCUT2D eigenvalue weighted by molar-refractivity contribution is 0.229. The van der Waals surface area contributed by atoms with Crippen molar-refractivity contribution in [2.75, 3.05) is 26.4 Å². The van der Waals surface area contributed by atoms with Crippen molar-refractivity contribution in [2.24, 2.45) is 0 Å². The second-order valence-electron chi connectivity index (χ2n) is 13.0. The maximum atomic E-state index is 14.3. The van der Waals surface area contributed by atoms with Gasteiger partial charge in [0.05, 0.1) is 46.8 Å². The standard InChI is InChI=1S/C36H48O6P2S2/c1-11-39-43(37,40-12-2)29-23-31(45-33(29)25-15-19-27(20-16-25)35(5,6)7)32-24-30(44(38,41-13-3)42-14-4)34(46-32)26-17-21-28(22-18-26)36(8,9)10/h15-24H,11-14H2,1-10H3. The minimum atomic E-state index is -3.65. The van der Waals surface area contributed by atoms with E-state index in [9.17, 15) is 9.13 Å². The molecule has 2 heterocycles. The lowest BCUT2D eigenvalue weighted by Gasteiger charge is -2.20. The molecule has 10 heteroatoms. The molecule has 4 rings (SSSR count). The molecule has 0 unspecified atom stereocenters. The van der Waals surface area contributed by atoms with Gasteiger partial charge in [-0.25, -0.2) is 0 Å². The SMILES string of the molecule is CCOP(=O)(OCC)c1cc(-c2cc(P(=O)(OCC)OCC)c(-c3ccc(C(C)(C)C)cc3)s2)sc1-c1ccc(C(C)(C)C)cc1. The van der Waals surface area contributed by atoms with Crippen LogP contribution in [-0.4, -0.2) is 26.4 Å². The zero-order valence-corrected chi connectivity index (χ0v) is 32.2. The number of benzene rings is 2. The Morgan fingerprint density at radius 2 is 0.804 bits per heavy atom. The Labute approximate surface area is 283 Å². The van der Waals surface area contributed by atoms with E-state index in [1.165, 1.54) is 33.8 Å². The van der Waals surface area contributed by atoms with E-state index in [0.717, 1.165) is 30.6 Å². The molecular weight excluding hydrogens is 654 g/mol. The van der Waals surface area contributed by atoms with Crippen molar-refractivity contribution in [3.8, 4) is 30.6 Å². The summed E-state index contributed by atoms with van der Waals surface area (Å²) in [6.07, 6.45) is 0. The van der Waals surface area contributed by atoms with Gasteiger partial charge < -0.3 is 18.1 Å². The summed E-state index contributed by atoms with van der Waals surface area (Å²) in [5.74, 6) is 0. The van der Waals surface area contributed by atoms with Gasteiger partial charge >= 0.3 is 15.2 Å². The van der Waals surface area contributed by atoms with Gasteiger partial charge in [-0.15, -0.1) is 22.7 Å². The van der Waals surface area contributed by atoms with E-state index < -0.39 is 15.2 Å². The first kappa shape index (κ1) is 37.0. The first-order valence-corrected chi connectivity index (χ1v) is 20.6. The quantitative estimate of drug-likeness (QED) is 0.129. The smallest absolute Gasteiger partial charge is 0.305 e. The van der Waals surface area contributed by atoms with Crippen molar-refractivity contribution in [1.82, 2.24) is 0 Å². The van der Waals surface area contributed by atoms with Crippen LogP contribution in [0.2, 0.25) is 0 Å². The van der Waals surface area contributed by atoms with Gasteiger partial charge in [-0.05, 0) is 72.9 Å². The molecule has 0 aliphatic rings. The summed E-state index contributed by atoms with van der Waals surface area (Å²) in [4.78, 5) is 3.38. The van der Waals surface area contributed by atoms with E-state index in [1.54, 1.807) is 0 Å². The summed E-state index contributed by atoms with van der Waals surface area (Å²) in [6, 6.07) is 20.6. The summed E-state index contributed by atoms with van der Waals surface area (Å²) in [5.41, 5.74) is 4.28. The molecule has 0 atom stereocenters. The van der Waals surface area contributed by atoms with Gasteiger partial charge in [-0.1, -0.05) is 90.1 Å². The second kappa shape index (κ2) is 14.7. The fourth-order valence-electron chi connectivity index (χ4n) is 5.10. The normalized spacial score (nSPS) is 13.0. The van der Waals surface area contributed by atoms with Crippen LogP contribution in [0.1, 0.15) is 80.4 Å². The van der Waals surface area contributed by atoms with Crippen molar-refractivity contribution in [3.63, 3.8) is 0 Å². The average Bonchev–Trinajstić information content (AvgIpc) is 3.64. The van der Waals surface area contributed by atoms with Crippen LogP contribution in [0.15, 0.2) is 60.7 Å². The third-order valence-electron chi connectivity index (χ3n) is 7.48. The molecule has 2 aromatic heterocycles. The highest BCUT2D eigenvalue weighted by atomic mass is 32.1. The largest absolute Gasteiger partial charge is 0.362 e. The van der Waals surface area contributed by atoms with E-state index in [-0.39, 0.29) is 37.3 Å². The summed E-state index contributed by atoms with van der Waals surface area (Å²) in [5, 5.41) is 1.06. The Morgan fingerprint density at radius 1 is 0.522 bits per heavy atom. The van der Waals surface area contributed by atoms with Crippen molar-refractivity contribution in [3.05, 3.63) is 71.8 Å². The van der Waals surface area contributed by atoms with Gasteiger partial charge in [-0.3, -0.25) is 9.13 Å². The Bertz CT molecular complexity index is 1560. The lowest BCUT2D eigenvalue weighted by Crippen LogP contribution is -2.12. The van der Waals surface area contributed by atoms with Crippen LogP contribution < -0.4 is 10.6 Å². The highest BCUT2D eigenvalue weighted by molar-refractivity contribution is 7.64. The zero-order chi connectivity index (χ0) is 33.9. The van der Waals surface area contributed by atoms with Crippen LogP contribution >= 0.6 is 37.9 Å². The van der Waals surface area contributed by atoms with Gasteiger partial charge in [0.25, 0.3) is 0 Å². The van der Waals surface area contributed by atoms with E-state index in [1.807, 2.05) is 39.8 Å². The predicted molar refractivity (Wildman–Crippen MR) is 197 cm³/mol. The molecule has 0 amide bonds. The van der Waals surface area contributed by atoms with Crippen LogP contribution in [0.5, 0.6) is 0 Å². The first-order chi connectivity index (χ1) is 21.6. The average molecular weight is 703 g/mol. The molecular formula is C36H48O6P2S2. The van der Waals surface area contributed by atoms with Crippen LogP contribution in [0, 0.1) is 0 Å². The molecule has 0 N–H and O–H groups in total. The van der Waals surface area contributed by atoms with E-state index >= 15 is 0 Å². The van der Waals surface area contributed by atoms with Gasteiger partial charge in [0, 0.05) is 9.75 Å². The van der Waals surface area contributed by atoms with Crippen molar-refractivity contribution < 1.29 is 27.2 Å². The third-order valence-corrected chi connectivity index (χ3v) is 14.6. The van der Waals surface area contributed by atoms with Crippen LogP contribution in [0.3, 0.4) is 0 Å². The molecule has 0 aliphatic heterocycles. The molecule has 0 saturated heterocycles. The third kappa shape index (κ3) is 8.05. The summed E-state index contributed by atoms with van der Waals surface area (Å²) in [6.45, 7) is 21.3. The topological polar surface area (TPSA) is 71.1 Å². The highest BCUT2D eigenvalue weighted by Crippen LogP contribution is 2.55. The highest BCUT2D eigenvalue weighted by Gasteiger charge is 2.36. The fraction of sp³-hybridized carbons (Fsp3) is 0.444. The van der Waals surface area contributed by atoms with E-state index in [0.29, 0.717) is 10.6 Å². The summed E-state index contributed by atoms with van der Waals surface area (Å²) >= 11 is 3.05. The summed E-state index contributed by atoms with van der Waals surface area (Å²) in [7, 11) is -7.29. The zero-order valence-electron chi connectivity index (χ0n) is 28.8. The maximum Gasteiger partial charge on any atom is 0.362 e. The number of rotatable bonds is 13. The minimum Gasteiger partial charge on any atom is -0.305 e. The monoisotopic (exact) mass is 702 g/mol. The number of thiophene rings is 2. The summed E-state index contributed by atoms with van der Waals surface area (Å²) < 4.78 is 52.0. The number of hydrogen-bond acceptors (Lipinski definition) is 8. The van der Waals surface area contributed by atoms with Gasteiger partial charge in [-0.2, -0.15) is 0 Å². The van der Waals surface area contributed by atoms with Gasteiger partial charge in [0.1, 0.15) is 0 Å². The van der Waals surface area contributed by atoms with Gasteiger partial charge in [0.2, 0.25) is 0 Å². The molecule has 4 aromatic rings. The Hall–Kier alpha value is -1.86. The first-order valence-electron chi connectivity index (χ1n) is 15.9. The molecule has 0 radical (unpaired) electrons. The molecule has 0 aliphatic carbocycles. The molecule has 0 bridgehead atoms. The van der Waals surface area contributed by atoms with Crippen molar-refractivity contribution >= 4 is 48.5 Å². The second-order valence-corrected chi connectivity index (χ2v) is 19.1. The molecule has 0 spiro atoms.